The minimum Gasteiger partial charge on any atom is -0.313 e. The van der Waals surface area contributed by atoms with Gasteiger partial charge < -0.3 is 15.1 Å². The minimum atomic E-state index is 0.759. The summed E-state index contributed by atoms with van der Waals surface area (Å²) in [7, 11) is 2.31. The monoisotopic (exact) mass is 225 g/mol. The van der Waals surface area contributed by atoms with E-state index >= 15 is 0 Å². The average Bonchev–Trinajstić information content (AvgIpc) is 2.82. The summed E-state index contributed by atoms with van der Waals surface area (Å²) in [6, 6.07) is 1.58. The lowest BCUT2D eigenvalue weighted by molar-refractivity contribution is 0.125. The fourth-order valence-electron chi connectivity index (χ4n) is 3.09. The fourth-order valence-corrected chi connectivity index (χ4v) is 3.09. The van der Waals surface area contributed by atoms with Crippen molar-refractivity contribution in [3.63, 3.8) is 0 Å². The number of piperidine rings is 1. The van der Waals surface area contributed by atoms with Crippen LogP contribution in [0.15, 0.2) is 0 Å². The zero-order valence-corrected chi connectivity index (χ0v) is 10.9. The summed E-state index contributed by atoms with van der Waals surface area (Å²) in [6.45, 7) is 8.56. The molecule has 16 heavy (non-hydrogen) atoms. The summed E-state index contributed by atoms with van der Waals surface area (Å²) in [5.74, 6) is 0. The molecule has 0 bridgehead atoms. The van der Waals surface area contributed by atoms with E-state index in [1.54, 1.807) is 0 Å². The van der Waals surface area contributed by atoms with Gasteiger partial charge in [-0.15, -0.1) is 0 Å². The van der Waals surface area contributed by atoms with E-state index < -0.39 is 0 Å². The highest BCUT2D eigenvalue weighted by Gasteiger charge is 2.24. The lowest BCUT2D eigenvalue weighted by Gasteiger charge is -2.37. The van der Waals surface area contributed by atoms with E-state index in [1.807, 2.05) is 0 Å². The number of hydrogen-bond donors (Lipinski definition) is 1. The van der Waals surface area contributed by atoms with Crippen LogP contribution in [0.25, 0.3) is 0 Å². The smallest absolute Gasteiger partial charge is 0.0195 e. The van der Waals surface area contributed by atoms with Crippen LogP contribution in [-0.4, -0.2) is 61.7 Å². The highest BCUT2D eigenvalue weighted by atomic mass is 15.2. The Morgan fingerprint density at radius 1 is 1.25 bits per heavy atom. The van der Waals surface area contributed by atoms with Gasteiger partial charge in [0.25, 0.3) is 0 Å². The third kappa shape index (κ3) is 3.19. The van der Waals surface area contributed by atoms with E-state index in [4.69, 9.17) is 0 Å². The Kier molecular flexibility index (Phi) is 4.62. The first-order valence-electron chi connectivity index (χ1n) is 6.95. The Balaban J connectivity index is 1.70. The summed E-state index contributed by atoms with van der Waals surface area (Å²) in [4.78, 5) is 5.16. The van der Waals surface area contributed by atoms with Gasteiger partial charge in [0, 0.05) is 18.6 Å². The second kappa shape index (κ2) is 5.99. The minimum absolute atomic E-state index is 0.759. The van der Waals surface area contributed by atoms with E-state index in [1.165, 1.54) is 58.4 Å². The number of nitrogens with zero attached hydrogens (tertiary/aromatic N) is 2. The maximum atomic E-state index is 3.59. The Morgan fingerprint density at radius 2 is 2.00 bits per heavy atom. The van der Waals surface area contributed by atoms with Crippen LogP contribution in [0.2, 0.25) is 0 Å². The van der Waals surface area contributed by atoms with Crippen molar-refractivity contribution in [3.8, 4) is 0 Å². The summed E-state index contributed by atoms with van der Waals surface area (Å²) >= 11 is 0. The SMILES string of the molecule is CCN1CCC(N(C)C[C@H]2CCCN2)CC1. The van der Waals surface area contributed by atoms with Crippen LogP contribution in [0.1, 0.15) is 32.6 Å². The average molecular weight is 225 g/mol. The largest absolute Gasteiger partial charge is 0.313 e. The standard InChI is InChI=1S/C13H27N3/c1-3-16-9-6-13(7-10-16)15(2)11-12-5-4-8-14-12/h12-14H,3-11H2,1-2H3/t12-/m1/s1. The molecule has 0 amide bonds. The van der Waals surface area contributed by atoms with Gasteiger partial charge >= 0.3 is 0 Å². The molecule has 0 unspecified atom stereocenters. The van der Waals surface area contributed by atoms with Crippen LogP contribution in [0.3, 0.4) is 0 Å². The van der Waals surface area contributed by atoms with Crippen molar-refractivity contribution in [2.24, 2.45) is 0 Å². The van der Waals surface area contributed by atoms with Crippen LogP contribution in [0, 0.1) is 0 Å². The number of nitrogens with one attached hydrogen (secondary N) is 1. The molecular weight excluding hydrogens is 198 g/mol. The van der Waals surface area contributed by atoms with Crippen molar-refractivity contribution in [3.05, 3.63) is 0 Å². The zero-order chi connectivity index (χ0) is 11.4. The molecule has 0 aromatic heterocycles. The van der Waals surface area contributed by atoms with Gasteiger partial charge in [-0.05, 0) is 58.9 Å². The molecular formula is C13H27N3. The first-order chi connectivity index (χ1) is 7.79. The quantitative estimate of drug-likeness (QED) is 0.774. The molecule has 2 fully saturated rings. The van der Waals surface area contributed by atoms with Crippen LogP contribution < -0.4 is 5.32 Å². The molecule has 0 aromatic rings. The predicted octanol–water partition coefficient (Wildman–Crippen LogP) is 1.15. The van der Waals surface area contributed by atoms with E-state index in [0.29, 0.717) is 0 Å². The van der Waals surface area contributed by atoms with Gasteiger partial charge in [0.05, 0.1) is 0 Å². The fraction of sp³-hybridized carbons (Fsp3) is 1.00. The molecule has 0 radical (unpaired) electrons. The number of likely N-dealkylation sites (tertiary alicyclic amines) is 1. The van der Waals surface area contributed by atoms with Gasteiger partial charge in [0.2, 0.25) is 0 Å². The van der Waals surface area contributed by atoms with Crippen LogP contribution in [0.4, 0.5) is 0 Å². The molecule has 1 N–H and O–H groups in total. The van der Waals surface area contributed by atoms with Crippen molar-refractivity contribution >= 4 is 0 Å². The summed E-state index contributed by atoms with van der Waals surface area (Å²) in [5.41, 5.74) is 0. The number of likely N-dealkylation sites (N-methyl/N-ethyl adjacent to an activating group) is 1. The number of hydrogen-bond acceptors (Lipinski definition) is 3. The van der Waals surface area contributed by atoms with E-state index in [2.05, 4.69) is 29.1 Å². The Labute approximate surface area is 100 Å². The van der Waals surface area contributed by atoms with Gasteiger partial charge in [0.1, 0.15) is 0 Å². The normalized spacial score (nSPS) is 29.1. The molecule has 2 aliphatic rings. The van der Waals surface area contributed by atoms with Crippen LogP contribution in [0.5, 0.6) is 0 Å². The Hall–Kier alpha value is -0.120. The predicted molar refractivity (Wildman–Crippen MR) is 68.8 cm³/mol. The Morgan fingerprint density at radius 3 is 2.56 bits per heavy atom. The van der Waals surface area contributed by atoms with Crippen molar-refractivity contribution < 1.29 is 0 Å². The summed E-state index contributed by atoms with van der Waals surface area (Å²) in [5, 5.41) is 3.59. The number of rotatable bonds is 4. The lowest BCUT2D eigenvalue weighted by atomic mass is 10.0. The Bertz CT molecular complexity index is 193. The maximum Gasteiger partial charge on any atom is 0.0195 e. The van der Waals surface area contributed by atoms with Crippen molar-refractivity contribution in [2.75, 3.05) is 39.8 Å². The lowest BCUT2D eigenvalue weighted by Crippen LogP contribution is -2.46. The van der Waals surface area contributed by atoms with Gasteiger partial charge in [-0.25, -0.2) is 0 Å². The molecule has 0 spiro atoms. The van der Waals surface area contributed by atoms with Crippen LogP contribution >= 0.6 is 0 Å². The van der Waals surface area contributed by atoms with E-state index in [-0.39, 0.29) is 0 Å². The molecule has 0 aliphatic carbocycles. The van der Waals surface area contributed by atoms with Crippen LogP contribution in [-0.2, 0) is 0 Å². The molecule has 2 saturated heterocycles. The summed E-state index contributed by atoms with van der Waals surface area (Å²) < 4.78 is 0. The first-order valence-corrected chi connectivity index (χ1v) is 6.95. The molecule has 2 aliphatic heterocycles. The third-order valence-corrected chi connectivity index (χ3v) is 4.30. The van der Waals surface area contributed by atoms with Gasteiger partial charge in [0.15, 0.2) is 0 Å². The molecule has 1 atom stereocenters. The highest BCUT2D eigenvalue weighted by molar-refractivity contribution is 4.82. The van der Waals surface area contributed by atoms with Crippen molar-refractivity contribution in [2.45, 2.75) is 44.7 Å². The molecule has 2 rings (SSSR count). The second-order valence-corrected chi connectivity index (χ2v) is 5.40. The van der Waals surface area contributed by atoms with E-state index in [0.717, 1.165) is 12.1 Å². The van der Waals surface area contributed by atoms with Gasteiger partial charge in [-0.1, -0.05) is 6.92 Å². The topological polar surface area (TPSA) is 18.5 Å². The molecule has 3 heteroatoms. The van der Waals surface area contributed by atoms with Crippen molar-refractivity contribution in [1.29, 1.82) is 0 Å². The molecule has 3 nitrogen and oxygen atoms in total. The van der Waals surface area contributed by atoms with Crippen molar-refractivity contribution in [1.82, 2.24) is 15.1 Å². The third-order valence-electron chi connectivity index (χ3n) is 4.30. The zero-order valence-electron chi connectivity index (χ0n) is 10.9. The molecule has 0 saturated carbocycles. The molecule has 94 valence electrons. The molecule has 0 aromatic carbocycles. The maximum absolute atomic E-state index is 3.59. The van der Waals surface area contributed by atoms with E-state index in [9.17, 15) is 0 Å². The molecule has 2 heterocycles. The second-order valence-electron chi connectivity index (χ2n) is 5.40. The van der Waals surface area contributed by atoms with Gasteiger partial charge in [-0.2, -0.15) is 0 Å². The summed E-state index contributed by atoms with van der Waals surface area (Å²) in [6.07, 6.45) is 5.46. The van der Waals surface area contributed by atoms with Gasteiger partial charge in [-0.3, -0.25) is 0 Å². The first kappa shape index (κ1) is 12.3. The highest BCUT2D eigenvalue weighted by Crippen LogP contribution is 2.16.